The van der Waals surface area contributed by atoms with E-state index in [2.05, 4.69) is 10.0 Å². The van der Waals surface area contributed by atoms with Crippen molar-refractivity contribution in [2.75, 3.05) is 13.1 Å². The smallest absolute Gasteiger partial charge is 0.241 e. The van der Waals surface area contributed by atoms with E-state index in [1.54, 1.807) is 31.2 Å². The topological polar surface area (TPSA) is 75.3 Å². The molecule has 0 aliphatic carbocycles. The molecule has 0 saturated carbocycles. The summed E-state index contributed by atoms with van der Waals surface area (Å²) >= 11 is 0. The lowest BCUT2D eigenvalue weighted by Crippen LogP contribution is -2.37. The number of hydrogen-bond acceptors (Lipinski definition) is 3. The van der Waals surface area contributed by atoms with Gasteiger partial charge in [0, 0.05) is 6.54 Å². The van der Waals surface area contributed by atoms with Gasteiger partial charge in [-0.1, -0.05) is 29.8 Å². The second kappa shape index (κ2) is 8.22. The highest BCUT2D eigenvalue weighted by Crippen LogP contribution is 2.15. The minimum absolute atomic E-state index is 0.164. The summed E-state index contributed by atoms with van der Waals surface area (Å²) in [5, 5.41) is 2.63. The molecule has 2 N–H and O–H groups in total. The normalized spacial score (nSPS) is 11.3. The number of halogens is 1. The van der Waals surface area contributed by atoms with Gasteiger partial charge in [-0.05, 0) is 49.6 Å². The Bertz CT molecular complexity index is 849. The molecule has 0 radical (unpaired) electrons. The third kappa shape index (κ3) is 5.65. The average molecular weight is 364 g/mol. The van der Waals surface area contributed by atoms with Crippen molar-refractivity contribution in [2.45, 2.75) is 25.2 Å². The van der Waals surface area contributed by atoms with Crippen LogP contribution in [0.5, 0.6) is 0 Å². The Kier molecular flexibility index (Phi) is 6.27. The molecule has 5 nitrogen and oxygen atoms in total. The van der Waals surface area contributed by atoms with Crippen molar-refractivity contribution in [3.8, 4) is 0 Å². The Morgan fingerprint density at radius 3 is 2.40 bits per heavy atom. The molecular weight excluding hydrogens is 343 g/mol. The van der Waals surface area contributed by atoms with Crippen LogP contribution in [0.25, 0.3) is 0 Å². The second-order valence-electron chi connectivity index (χ2n) is 5.82. The van der Waals surface area contributed by atoms with Crippen LogP contribution in [-0.4, -0.2) is 27.4 Å². The Labute approximate surface area is 147 Å². The van der Waals surface area contributed by atoms with Crippen molar-refractivity contribution in [1.29, 1.82) is 0 Å². The van der Waals surface area contributed by atoms with Crippen molar-refractivity contribution in [2.24, 2.45) is 0 Å². The number of hydrogen-bond donors (Lipinski definition) is 2. The highest BCUT2D eigenvalue weighted by atomic mass is 32.2. The van der Waals surface area contributed by atoms with Crippen molar-refractivity contribution in [3.63, 3.8) is 0 Å². The lowest BCUT2D eigenvalue weighted by Gasteiger charge is -2.10. The summed E-state index contributed by atoms with van der Waals surface area (Å²) in [7, 11) is -3.74. The first-order valence-corrected chi connectivity index (χ1v) is 9.34. The van der Waals surface area contributed by atoms with Gasteiger partial charge in [0.15, 0.2) is 0 Å². The Hall–Kier alpha value is -2.25. The number of nitrogens with one attached hydrogen (secondary N) is 2. The third-order valence-electron chi connectivity index (χ3n) is 3.69. The monoisotopic (exact) mass is 364 g/mol. The maximum absolute atomic E-state index is 12.8. The molecule has 0 atom stereocenters. The van der Waals surface area contributed by atoms with E-state index in [-0.39, 0.29) is 17.3 Å². The molecule has 2 aromatic carbocycles. The molecule has 7 heteroatoms. The molecule has 0 aliphatic rings. The molecule has 0 aliphatic heterocycles. The van der Waals surface area contributed by atoms with Crippen molar-refractivity contribution in [3.05, 3.63) is 65.0 Å². The van der Waals surface area contributed by atoms with E-state index in [1.165, 1.54) is 18.2 Å². The molecule has 0 heterocycles. The summed E-state index contributed by atoms with van der Waals surface area (Å²) in [6, 6.07) is 11.0. The summed E-state index contributed by atoms with van der Waals surface area (Å²) in [6.45, 7) is 3.60. The molecule has 2 rings (SSSR count). The molecule has 25 heavy (non-hydrogen) atoms. The van der Waals surface area contributed by atoms with Crippen LogP contribution in [0.4, 0.5) is 4.39 Å². The molecule has 134 valence electrons. The van der Waals surface area contributed by atoms with Crippen LogP contribution in [0.15, 0.2) is 47.4 Å². The summed E-state index contributed by atoms with van der Waals surface area (Å²) in [5.74, 6) is -0.732. The molecular formula is C18H21FN2O3S. The number of carbonyl (C=O) groups excluding carboxylic acids is 1. The third-order valence-corrected chi connectivity index (χ3v) is 5.25. The van der Waals surface area contributed by atoms with Crippen LogP contribution in [0.1, 0.15) is 16.7 Å². The van der Waals surface area contributed by atoms with Gasteiger partial charge in [-0.3, -0.25) is 4.79 Å². The zero-order valence-electron chi connectivity index (χ0n) is 14.2. The number of carbonyl (C=O) groups is 1. The van der Waals surface area contributed by atoms with Crippen LogP contribution in [0.3, 0.4) is 0 Å². The van der Waals surface area contributed by atoms with Gasteiger partial charge in [-0.25, -0.2) is 17.5 Å². The number of aryl methyl sites for hydroxylation is 2. The highest BCUT2D eigenvalue weighted by Gasteiger charge is 2.17. The van der Waals surface area contributed by atoms with Gasteiger partial charge < -0.3 is 5.32 Å². The second-order valence-corrected chi connectivity index (χ2v) is 7.56. The van der Waals surface area contributed by atoms with Gasteiger partial charge >= 0.3 is 0 Å². The first-order valence-electron chi connectivity index (χ1n) is 7.86. The Balaban J connectivity index is 1.83. The van der Waals surface area contributed by atoms with Crippen LogP contribution >= 0.6 is 0 Å². The fraction of sp³-hybridized carbons (Fsp3) is 0.278. The van der Waals surface area contributed by atoms with Gasteiger partial charge in [-0.2, -0.15) is 0 Å². The summed E-state index contributed by atoms with van der Waals surface area (Å²) in [5.41, 5.74) is 2.48. The predicted molar refractivity (Wildman–Crippen MR) is 94.2 cm³/mol. The first kappa shape index (κ1) is 19.1. The first-order chi connectivity index (χ1) is 11.8. The largest absolute Gasteiger partial charge is 0.355 e. The lowest BCUT2D eigenvalue weighted by molar-refractivity contribution is -0.119. The lowest BCUT2D eigenvalue weighted by atomic mass is 10.1. The number of benzene rings is 2. The Morgan fingerprint density at radius 2 is 1.76 bits per heavy atom. The molecule has 0 spiro atoms. The summed E-state index contributed by atoms with van der Waals surface area (Å²) in [4.78, 5) is 12.0. The van der Waals surface area contributed by atoms with Crippen molar-refractivity contribution in [1.82, 2.24) is 10.0 Å². The van der Waals surface area contributed by atoms with Gasteiger partial charge in [0.25, 0.3) is 0 Å². The molecule has 2 aromatic rings. The van der Waals surface area contributed by atoms with E-state index in [0.29, 0.717) is 18.5 Å². The van der Waals surface area contributed by atoms with E-state index < -0.39 is 15.9 Å². The van der Waals surface area contributed by atoms with Crippen molar-refractivity contribution < 1.29 is 17.6 Å². The van der Waals surface area contributed by atoms with E-state index in [4.69, 9.17) is 0 Å². The fourth-order valence-corrected chi connectivity index (χ4v) is 3.61. The molecule has 0 unspecified atom stereocenters. The van der Waals surface area contributed by atoms with E-state index in [9.17, 15) is 17.6 Å². The minimum Gasteiger partial charge on any atom is -0.355 e. The number of rotatable bonds is 7. The maximum atomic E-state index is 12.8. The summed E-state index contributed by atoms with van der Waals surface area (Å²) in [6.07, 6.45) is 0.538. The van der Waals surface area contributed by atoms with Crippen molar-refractivity contribution >= 4 is 15.9 Å². The van der Waals surface area contributed by atoms with Gasteiger partial charge in [-0.15, -0.1) is 0 Å². The number of amides is 1. The van der Waals surface area contributed by atoms with Crippen LogP contribution in [-0.2, 0) is 21.2 Å². The number of sulfonamides is 1. The van der Waals surface area contributed by atoms with E-state index in [1.807, 2.05) is 6.92 Å². The maximum Gasteiger partial charge on any atom is 0.241 e. The molecule has 0 fully saturated rings. The molecule has 0 saturated heterocycles. The standard InChI is InChI=1S/C18H21FN2O3S/c1-13-3-8-17(14(2)11-13)25(23,24)21-12-18(22)20-10-9-15-4-6-16(19)7-5-15/h3-8,11,21H,9-10,12H2,1-2H3,(H,20,22). The average Bonchev–Trinajstić information content (AvgIpc) is 2.54. The quantitative estimate of drug-likeness (QED) is 0.790. The van der Waals surface area contributed by atoms with Crippen LogP contribution < -0.4 is 10.0 Å². The fourth-order valence-electron chi connectivity index (χ4n) is 2.40. The van der Waals surface area contributed by atoms with Crippen LogP contribution in [0.2, 0.25) is 0 Å². The Morgan fingerprint density at radius 1 is 1.08 bits per heavy atom. The summed E-state index contributed by atoms with van der Waals surface area (Å²) < 4.78 is 39.6. The minimum atomic E-state index is -3.74. The zero-order chi connectivity index (χ0) is 18.4. The molecule has 1 amide bonds. The van der Waals surface area contributed by atoms with E-state index >= 15 is 0 Å². The SMILES string of the molecule is Cc1ccc(S(=O)(=O)NCC(=O)NCCc2ccc(F)cc2)c(C)c1. The van der Waals surface area contributed by atoms with Gasteiger partial charge in [0.2, 0.25) is 15.9 Å². The van der Waals surface area contributed by atoms with Gasteiger partial charge in [0.1, 0.15) is 5.82 Å². The molecule has 0 bridgehead atoms. The van der Waals surface area contributed by atoms with Gasteiger partial charge in [0.05, 0.1) is 11.4 Å². The van der Waals surface area contributed by atoms with E-state index in [0.717, 1.165) is 11.1 Å². The van der Waals surface area contributed by atoms with Crippen LogP contribution in [0, 0.1) is 19.7 Å². The predicted octanol–water partition coefficient (Wildman–Crippen LogP) is 2.08. The molecule has 0 aromatic heterocycles. The zero-order valence-corrected chi connectivity index (χ0v) is 15.0. The highest BCUT2D eigenvalue weighted by molar-refractivity contribution is 7.89.